The van der Waals surface area contributed by atoms with E-state index in [1.54, 1.807) is 0 Å². The van der Waals surface area contributed by atoms with Gasteiger partial charge in [-0.2, -0.15) is 0 Å². The van der Waals surface area contributed by atoms with Gasteiger partial charge in [-0.15, -0.1) is 0 Å². The predicted molar refractivity (Wildman–Crippen MR) is 143 cm³/mol. The molecule has 7 heteroatoms. The van der Waals surface area contributed by atoms with E-state index in [-0.39, 0.29) is 23.2 Å². The van der Waals surface area contributed by atoms with Crippen molar-refractivity contribution < 1.29 is 29.2 Å². The first-order valence-corrected chi connectivity index (χ1v) is 14.8. The fourth-order valence-corrected chi connectivity index (χ4v) is 10.3. The number of aliphatic hydroxyl groups excluding tert-OH is 1. The molecule has 2 saturated heterocycles. The maximum Gasteiger partial charge on any atom is 0.176 e. The van der Waals surface area contributed by atoms with Crippen molar-refractivity contribution >= 4 is 5.69 Å². The molecule has 1 aromatic rings. The van der Waals surface area contributed by atoms with Crippen molar-refractivity contribution in [3.05, 3.63) is 29.8 Å². The minimum absolute atomic E-state index is 0.128. The fourth-order valence-electron chi connectivity index (χ4n) is 10.3. The number of fused-ring (bicyclic) bond motifs is 6. The molecule has 4 aliphatic carbocycles. The molecule has 6 aliphatic rings. The Morgan fingerprint density at radius 2 is 1.50 bits per heavy atom. The predicted octanol–water partition coefficient (Wildman–Crippen LogP) is 4.06. The average molecular weight is 528 g/mol. The SMILES string of the molecule is CN(C)c1ccc([C@@H]2[C@H]3[C@@H](CC[C@@]4(O)CC5(CC[C@]34C)OCCO5)[C@@H]3CCC4(OCCO4)[C@@]3(C)[C@H]2O)cc1. The molecule has 7 rings (SSSR count). The summed E-state index contributed by atoms with van der Waals surface area (Å²) in [5.74, 6) is -0.714. The summed E-state index contributed by atoms with van der Waals surface area (Å²) < 4.78 is 25.1. The Balaban J connectivity index is 1.35. The first-order valence-electron chi connectivity index (χ1n) is 14.8. The molecule has 4 saturated carbocycles. The van der Waals surface area contributed by atoms with Crippen LogP contribution in [0.1, 0.15) is 70.3 Å². The van der Waals surface area contributed by atoms with Gasteiger partial charge in [0.15, 0.2) is 11.6 Å². The van der Waals surface area contributed by atoms with Crippen LogP contribution in [0.15, 0.2) is 24.3 Å². The molecular weight excluding hydrogens is 482 g/mol. The van der Waals surface area contributed by atoms with Crippen LogP contribution in [0.2, 0.25) is 0 Å². The number of rotatable bonds is 2. The van der Waals surface area contributed by atoms with Gasteiger partial charge in [0.1, 0.15) is 0 Å². The Morgan fingerprint density at radius 3 is 2.16 bits per heavy atom. The Morgan fingerprint density at radius 1 is 0.842 bits per heavy atom. The van der Waals surface area contributed by atoms with Gasteiger partial charge in [0, 0.05) is 50.4 Å². The van der Waals surface area contributed by atoms with Gasteiger partial charge in [0.25, 0.3) is 0 Å². The van der Waals surface area contributed by atoms with Crippen LogP contribution < -0.4 is 4.90 Å². The lowest BCUT2D eigenvalue weighted by Crippen LogP contribution is -2.70. The van der Waals surface area contributed by atoms with E-state index in [1.807, 2.05) is 0 Å². The number of aliphatic hydroxyl groups is 2. The zero-order valence-electron chi connectivity index (χ0n) is 23.4. The van der Waals surface area contributed by atoms with Crippen molar-refractivity contribution in [1.29, 1.82) is 0 Å². The summed E-state index contributed by atoms with van der Waals surface area (Å²) in [6.07, 6.45) is 4.97. The van der Waals surface area contributed by atoms with Gasteiger partial charge in [-0.25, -0.2) is 0 Å². The monoisotopic (exact) mass is 527 g/mol. The van der Waals surface area contributed by atoms with Crippen LogP contribution in [0.5, 0.6) is 0 Å². The summed E-state index contributed by atoms with van der Waals surface area (Å²) in [6, 6.07) is 8.72. The third-order valence-corrected chi connectivity index (χ3v) is 12.3. The van der Waals surface area contributed by atoms with Gasteiger partial charge in [-0.05, 0) is 61.1 Å². The van der Waals surface area contributed by atoms with E-state index in [2.05, 4.69) is 57.1 Å². The molecule has 0 aromatic heterocycles. The molecule has 2 heterocycles. The van der Waals surface area contributed by atoms with Crippen LogP contribution in [-0.4, -0.2) is 74.0 Å². The molecular formula is C31H45NO6. The maximum atomic E-state index is 12.6. The molecule has 7 nitrogen and oxygen atoms in total. The second-order valence-electron chi connectivity index (χ2n) is 13.8. The first-order chi connectivity index (χ1) is 18.1. The van der Waals surface area contributed by atoms with Gasteiger partial charge in [0.05, 0.1) is 43.5 Å². The maximum absolute atomic E-state index is 12.6. The van der Waals surface area contributed by atoms with E-state index in [0.717, 1.165) is 49.8 Å². The summed E-state index contributed by atoms with van der Waals surface area (Å²) in [5.41, 5.74) is 0.520. The average Bonchev–Trinajstić information content (AvgIpc) is 3.63. The summed E-state index contributed by atoms with van der Waals surface area (Å²) in [4.78, 5) is 2.11. The Kier molecular flexibility index (Phi) is 5.69. The highest BCUT2D eigenvalue weighted by Gasteiger charge is 2.75. The van der Waals surface area contributed by atoms with Gasteiger partial charge < -0.3 is 34.1 Å². The van der Waals surface area contributed by atoms with Crippen LogP contribution in [0.4, 0.5) is 5.69 Å². The van der Waals surface area contributed by atoms with Crippen molar-refractivity contribution in [1.82, 2.24) is 0 Å². The number of nitrogens with zero attached hydrogens (tertiary/aromatic N) is 1. The summed E-state index contributed by atoms with van der Waals surface area (Å²) >= 11 is 0. The number of hydrogen-bond donors (Lipinski definition) is 2. The number of ether oxygens (including phenoxy) is 4. The van der Waals surface area contributed by atoms with E-state index in [0.29, 0.717) is 38.8 Å². The molecule has 6 fully saturated rings. The zero-order valence-corrected chi connectivity index (χ0v) is 23.4. The third-order valence-electron chi connectivity index (χ3n) is 12.3. The van der Waals surface area contributed by atoms with Crippen LogP contribution >= 0.6 is 0 Å². The molecule has 0 radical (unpaired) electrons. The minimum atomic E-state index is -0.900. The van der Waals surface area contributed by atoms with Crippen LogP contribution in [0, 0.1) is 28.6 Å². The molecule has 2 aliphatic heterocycles. The van der Waals surface area contributed by atoms with Gasteiger partial charge in [-0.3, -0.25) is 0 Å². The molecule has 0 unspecified atom stereocenters. The van der Waals surface area contributed by atoms with Crippen LogP contribution in [0.25, 0.3) is 0 Å². The third kappa shape index (κ3) is 3.18. The summed E-state index contributed by atoms with van der Waals surface area (Å²) in [7, 11) is 4.10. The highest BCUT2D eigenvalue weighted by atomic mass is 16.7. The lowest BCUT2D eigenvalue weighted by molar-refractivity contribution is -0.314. The number of hydrogen-bond acceptors (Lipinski definition) is 7. The fraction of sp³-hybridized carbons (Fsp3) is 0.806. The van der Waals surface area contributed by atoms with Crippen LogP contribution in [0.3, 0.4) is 0 Å². The summed E-state index contributed by atoms with van der Waals surface area (Å²) in [6.45, 7) is 6.91. The van der Waals surface area contributed by atoms with E-state index in [4.69, 9.17) is 18.9 Å². The zero-order chi connectivity index (χ0) is 26.6. The van der Waals surface area contributed by atoms with Gasteiger partial charge in [-0.1, -0.05) is 26.0 Å². The van der Waals surface area contributed by atoms with Gasteiger partial charge in [0.2, 0.25) is 0 Å². The first kappa shape index (κ1) is 25.7. The molecule has 2 N–H and O–H groups in total. The second kappa shape index (κ2) is 8.40. The van der Waals surface area contributed by atoms with E-state index >= 15 is 0 Å². The number of anilines is 1. The van der Waals surface area contributed by atoms with Crippen molar-refractivity contribution in [2.75, 3.05) is 45.4 Å². The molecule has 8 atom stereocenters. The highest BCUT2D eigenvalue weighted by Crippen LogP contribution is 2.73. The molecule has 38 heavy (non-hydrogen) atoms. The van der Waals surface area contributed by atoms with E-state index < -0.39 is 28.7 Å². The number of benzene rings is 1. The van der Waals surface area contributed by atoms with Crippen molar-refractivity contribution in [3.63, 3.8) is 0 Å². The molecule has 0 amide bonds. The minimum Gasteiger partial charge on any atom is -0.392 e. The lowest BCUT2D eigenvalue weighted by Gasteiger charge is -2.68. The molecule has 1 aromatic carbocycles. The quantitative estimate of drug-likeness (QED) is 0.600. The second-order valence-corrected chi connectivity index (χ2v) is 13.8. The standard InChI is InChI=1S/C31H45NO6/c1-27-13-14-30(35-15-16-36-30)19-29(27,34)11-9-22-23-10-12-31(37-17-18-38-31)28(23,2)26(33)24(25(22)27)20-5-7-21(8-6-20)32(3)4/h5-8,22-26,33-34H,9-19H2,1-4H3/t22-,23-,24+,25+,26-,27+,28+,29+/m0/s1. The van der Waals surface area contributed by atoms with Crippen molar-refractivity contribution in [2.45, 2.75) is 88.0 Å². The van der Waals surface area contributed by atoms with E-state index in [1.165, 1.54) is 0 Å². The molecule has 2 spiro atoms. The molecule has 0 bridgehead atoms. The van der Waals surface area contributed by atoms with Crippen molar-refractivity contribution in [2.24, 2.45) is 28.6 Å². The van der Waals surface area contributed by atoms with Crippen LogP contribution in [-0.2, 0) is 18.9 Å². The highest BCUT2D eigenvalue weighted by molar-refractivity contribution is 5.47. The van der Waals surface area contributed by atoms with Gasteiger partial charge >= 0.3 is 0 Å². The summed E-state index contributed by atoms with van der Waals surface area (Å²) in [5, 5.41) is 25.1. The Hall–Kier alpha value is -1.22. The lowest BCUT2D eigenvalue weighted by atomic mass is 9.39. The Bertz CT molecular complexity index is 1060. The smallest absolute Gasteiger partial charge is 0.176 e. The Labute approximate surface area is 226 Å². The normalized spacial score (nSPS) is 46.6. The van der Waals surface area contributed by atoms with Crippen molar-refractivity contribution in [3.8, 4) is 0 Å². The largest absolute Gasteiger partial charge is 0.392 e. The van der Waals surface area contributed by atoms with E-state index in [9.17, 15) is 10.2 Å². The molecule has 210 valence electrons. The topological polar surface area (TPSA) is 80.6 Å².